The van der Waals surface area contributed by atoms with Crippen LogP contribution in [0.2, 0.25) is 0 Å². The van der Waals surface area contributed by atoms with Crippen LogP contribution in [0.4, 0.5) is 0 Å². The van der Waals surface area contributed by atoms with Gasteiger partial charge in [0.2, 0.25) is 10.0 Å². The van der Waals surface area contributed by atoms with Crippen LogP contribution in [-0.2, 0) is 10.0 Å². The second-order valence-corrected chi connectivity index (χ2v) is 6.39. The number of nitrogens with one attached hydrogen (secondary N) is 1. The van der Waals surface area contributed by atoms with Gasteiger partial charge in [-0.05, 0) is 31.2 Å². The third kappa shape index (κ3) is 3.70. The predicted molar refractivity (Wildman–Crippen MR) is 76.0 cm³/mol. The van der Waals surface area contributed by atoms with Crippen molar-refractivity contribution in [2.45, 2.75) is 24.0 Å². The standard InChI is InChI=1S/C14H17NO5S/c1-10-4-6-11(7-5-10)21(18,19)15-14(12(17)9-16)13-3-2-8-20-13/h2-8,12,14-17H,9H2,1H3. The maximum Gasteiger partial charge on any atom is 0.241 e. The van der Waals surface area contributed by atoms with Crippen LogP contribution in [0.5, 0.6) is 0 Å². The van der Waals surface area contributed by atoms with E-state index < -0.39 is 28.8 Å². The Labute approximate surface area is 123 Å². The topological polar surface area (TPSA) is 99.8 Å². The van der Waals surface area contributed by atoms with Gasteiger partial charge >= 0.3 is 0 Å². The van der Waals surface area contributed by atoms with Crippen LogP contribution in [0.3, 0.4) is 0 Å². The van der Waals surface area contributed by atoms with Crippen LogP contribution in [0.15, 0.2) is 52.0 Å². The Hall–Kier alpha value is -1.67. The number of sulfonamides is 1. The third-order valence-corrected chi connectivity index (χ3v) is 4.49. The lowest BCUT2D eigenvalue weighted by molar-refractivity contribution is 0.0629. The number of hydrogen-bond acceptors (Lipinski definition) is 5. The van der Waals surface area contributed by atoms with Gasteiger partial charge in [-0.2, -0.15) is 4.72 Å². The molecule has 114 valence electrons. The molecule has 0 amide bonds. The van der Waals surface area contributed by atoms with E-state index in [0.29, 0.717) is 0 Å². The van der Waals surface area contributed by atoms with Crippen molar-refractivity contribution in [3.05, 3.63) is 54.0 Å². The quantitative estimate of drug-likeness (QED) is 0.738. The van der Waals surface area contributed by atoms with Gasteiger partial charge in [0.15, 0.2) is 0 Å². The van der Waals surface area contributed by atoms with Gasteiger partial charge in [-0.1, -0.05) is 17.7 Å². The molecular formula is C14H17NO5S. The van der Waals surface area contributed by atoms with Gasteiger partial charge in [-0.25, -0.2) is 8.42 Å². The van der Waals surface area contributed by atoms with E-state index in [0.717, 1.165) is 5.56 Å². The monoisotopic (exact) mass is 311 g/mol. The number of aryl methyl sites for hydroxylation is 1. The van der Waals surface area contributed by atoms with Crippen LogP contribution in [-0.4, -0.2) is 31.3 Å². The molecule has 2 aromatic rings. The minimum absolute atomic E-state index is 0.0785. The van der Waals surface area contributed by atoms with E-state index in [-0.39, 0.29) is 10.7 Å². The highest BCUT2D eigenvalue weighted by molar-refractivity contribution is 7.89. The molecule has 1 aromatic heterocycles. The highest BCUT2D eigenvalue weighted by atomic mass is 32.2. The molecule has 0 saturated carbocycles. The Kier molecular flexibility index (Phi) is 4.79. The summed E-state index contributed by atoms with van der Waals surface area (Å²) in [7, 11) is -3.84. The highest BCUT2D eigenvalue weighted by Crippen LogP contribution is 2.21. The van der Waals surface area contributed by atoms with E-state index >= 15 is 0 Å². The molecule has 0 aliphatic heterocycles. The summed E-state index contributed by atoms with van der Waals surface area (Å²) in [6, 6.07) is 8.35. The minimum atomic E-state index is -3.84. The normalized spacial score (nSPS) is 14.8. The summed E-state index contributed by atoms with van der Waals surface area (Å²) in [4.78, 5) is 0.0785. The molecule has 6 nitrogen and oxygen atoms in total. The number of aliphatic hydroxyl groups is 2. The Morgan fingerprint density at radius 1 is 1.24 bits per heavy atom. The molecule has 0 radical (unpaired) electrons. The SMILES string of the molecule is Cc1ccc(S(=O)(=O)NC(c2ccco2)C(O)CO)cc1. The van der Waals surface area contributed by atoms with Crippen molar-refractivity contribution in [2.24, 2.45) is 0 Å². The molecule has 2 rings (SSSR count). The zero-order chi connectivity index (χ0) is 15.5. The van der Waals surface area contributed by atoms with Gasteiger partial charge in [0.1, 0.15) is 17.9 Å². The van der Waals surface area contributed by atoms with Gasteiger partial charge in [0.05, 0.1) is 17.8 Å². The molecule has 0 aliphatic rings. The van der Waals surface area contributed by atoms with Crippen molar-refractivity contribution >= 4 is 10.0 Å². The highest BCUT2D eigenvalue weighted by Gasteiger charge is 2.28. The van der Waals surface area contributed by atoms with Crippen LogP contribution in [0, 0.1) is 6.92 Å². The van der Waals surface area contributed by atoms with Crippen molar-refractivity contribution in [3.8, 4) is 0 Å². The largest absolute Gasteiger partial charge is 0.468 e. The van der Waals surface area contributed by atoms with Gasteiger partial charge in [0, 0.05) is 0 Å². The molecular weight excluding hydrogens is 294 g/mol. The first-order valence-electron chi connectivity index (χ1n) is 6.35. The van der Waals surface area contributed by atoms with Crippen LogP contribution >= 0.6 is 0 Å². The Morgan fingerprint density at radius 3 is 2.43 bits per heavy atom. The Morgan fingerprint density at radius 2 is 1.90 bits per heavy atom. The van der Waals surface area contributed by atoms with Crippen molar-refractivity contribution in [3.63, 3.8) is 0 Å². The first-order chi connectivity index (χ1) is 9.94. The summed E-state index contributed by atoms with van der Waals surface area (Å²) < 4.78 is 32.1. The second-order valence-electron chi connectivity index (χ2n) is 4.68. The summed E-state index contributed by atoms with van der Waals surface area (Å²) in [5.74, 6) is 0.229. The van der Waals surface area contributed by atoms with E-state index in [1.807, 2.05) is 6.92 Å². The van der Waals surface area contributed by atoms with Gasteiger partial charge in [0.25, 0.3) is 0 Å². The fourth-order valence-corrected chi connectivity index (χ4v) is 3.09. The van der Waals surface area contributed by atoms with Gasteiger partial charge in [-0.3, -0.25) is 0 Å². The van der Waals surface area contributed by atoms with E-state index in [2.05, 4.69) is 4.72 Å². The lowest BCUT2D eigenvalue weighted by Gasteiger charge is -2.20. The molecule has 2 atom stereocenters. The summed E-state index contributed by atoms with van der Waals surface area (Å²) in [6.07, 6.45) is 0.0587. The molecule has 1 aromatic carbocycles. The lowest BCUT2D eigenvalue weighted by atomic mass is 10.1. The van der Waals surface area contributed by atoms with E-state index in [1.165, 1.54) is 24.5 Å². The summed E-state index contributed by atoms with van der Waals surface area (Å²) in [5.41, 5.74) is 0.937. The van der Waals surface area contributed by atoms with Crippen molar-refractivity contribution < 1.29 is 23.0 Å². The first-order valence-corrected chi connectivity index (χ1v) is 7.83. The smallest absolute Gasteiger partial charge is 0.241 e. The predicted octanol–water partition coefficient (Wildman–Crippen LogP) is 0.961. The molecule has 0 aliphatic carbocycles. The van der Waals surface area contributed by atoms with Crippen LogP contribution < -0.4 is 4.72 Å². The van der Waals surface area contributed by atoms with E-state index in [4.69, 9.17) is 9.52 Å². The number of benzene rings is 1. The Balaban J connectivity index is 2.29. The lowest BCUT2D eigenvalue weighted by Crippen LogP contribution is -2.37. The third-order valence-electron chi connectivity index (χ3n) is 3.03. The average molecular weight is 311 g/mol. The summed E-state index contributed by atoms with van der Waals surface area (Å²) in [5, 5.41) is 18.9. The molecule has 0 bridgehead atoms. The summed E-state index contributed by atoms with van der Waals surface area (Å²) >= 11 is 0. The molecule has 0 fully saturated rings. The van der Waals surface area contributed by atoms with Gasteiger partial charge in [-0.15, -0.1) is 0 Å². The number of hydrogen-bond donors (Lipinski definition) is 3. The van der Waals surface area contributed by atoms with E-state index in [1.54, 1.807) is 18.2 Å². The van der Waals surface area contributed by atoms with Crippen LogP contribution in [0.25, 0.3) is 0 Å². The molecule has 0 saturated heterocycles. The zero-order valence-corrected chi connectivity index (χ0v) is 12.2. The fraction of sp³-hybridized carbons (Fsp3) is 0.286. The minimum Gasteiger partial charge on any atom is -0.468 e. The van der Waals surface area contributed by atoms with Crippen molar-refractivity contribution in [1.29, 1.82) is 0 Å². The maximum absolute atomic E-state index is 12.3. The second kappa shape index (κ2) is 6.40. The molecule has 3 N–H and O–H groups in total. The average Bonchev–Trinajstić information content (AvgIpc) is 2.98. The number of rotatable bonds is 6. The van der Waals surface area contributed by atoms with Gasteiger partial charge < -0.3 is 14.6 Å². The maximum atomic E-state index is 12.3. The van der Waals surface area contributed by atoms with Crippen molar-refractivity contribution in [2.75, 3.05) is 6.61 Å². The van der Waals surface area contributed by atoms with E-state index in [9.17, 15) is 13.5 Å². The Bertz CT molecular complexity index is 664. The molecule has 7 heteroatoms. The molecule has 1 heterocycles. The molecule has 0 spiro atoms. The number of furan rings is 1. The first kappa shape index (κ1) is 15.7. The van der Waals surface area contributed by atoms with Crippen LogP contribution in [0.1, 0.15) is 17.4 Å². The van der Waals surface area contributed by atoms with Crippen molar-refractivity contribution in [1.82, 2.24) is 4.72 Å². The molecule has 2 unspecified atom stereocenters. The zero-order valence-electron chi connectivity index (χ0n) is 11.4. The fourth-order valence-electron chi connectivity index (χ4n) is 1.85. The molecule has 21 heavy (non-hydrogen) atoms. The number of aliphatic hydroxyl groups excluding tert-OH is 2. The summed E-state index contributed by atoms with van der Waals surface area (Å²) in [6.45, 7) is 1.26.